The molecule has 2 heterocycles. The first-order valence-corrected chi connectivity index (χ1v) is 10.9. The second kappa shape index (κ2) is 11.2. The summed E-state index contributed by atoms with van der Waals surface area (Å²) < 4.78 is 23.5. The Hall–Kier alpha value is -2.01. The van der Waals surface area contributed by atoms with E-state index in [1.165, 1.54) is 0 Å². The van der Waals surface area contributed by atoms with Crippen molar-refractivity contribution in [2.45, 2.75) is 23.8 Å². The van der Waals surface area contributed by atoms with E-state index in [2.05, 4.69) is 15.5 Å². The Morgan fingerprint density at radius 2 is 2.28 bits per heavy atom. The SMILES string of the molecule is COCCCSc1ccc(C(=NO[C@@H]2CCOC2)C(=O)Nc2ncc(F)s2)cc1. The number of thiazole rings is 1. The number of amides is 1. The highest BCUT2D eigenvalue weighted by molar-refractivity contribution is 7.99. The van der Waals surface area contributed by atoms with Gasteiger partial charge in [0.1, 0.15) is 0 Å². The predicted molar refractivity (Wildman–Crippen MR) is 111 cm³/mol. The van der Waals surface area contributed by atoms with Gasteiger partial charge in [0, 0.05) is 36.3 Å². The average molecular weight is 440 g/mol. The maximum atomic E-state index is 13.2. The number of ether oxygens (including phenoxy) is 2. The molecule has 1 amide bonds. The van der Waals surface area contributed by atoms with Gasteiger partial charge in [0.2, 0.25) is 0 Å². The van der Waals surface area contributed by atoms with Crippen LogP contribution in [0.15, 0.2) is 40.5 Å². The first-order valence-electron chi connectivity index (χ1n) is 9.12. The topological polar surface area (TPSA) is 82.0 Å². The standard InChI is InChI=1S/C19H22FN3O4S2/c1-25-8-2-10-28-15-5-3-13(4-6-15)17(23-27-14-7-9-26-12-14)18(24)22-19-21-11-16(20)29-19/h3-6,11,14H,2,7-10,12H2,1H3,(H,21,22,24)/t14-/m1/s1. The van der Waals surface area contributed by atoms with Gasteiger partial charge >= 0.3 is 0 Å². The Morgan fingerprint density at radius 3 is 2.93 bits per heavy atom. The largest absolute Gasteiger partial charge is 0.389 e. The summed E-state index contributed by atoms with van der Waals surface area (Å²) >= 11 is 2.46. The predicted octanol–water partition coefficient (Wildman–Crippen LogP) is 3.56. The molecule has 10 heteroatoms. The Morgan fingerprint density at radius 1 is 1.45 bits per heavy atom. The van der Waals surface area contributed by atoms with Crippen LogP contribution < -0.4 is 5.32 Å². The van der Waals surface area contributed by atoms with Crippen LogP contribution in [0.4, 0.5) is 9.52 Å². The van der Waals surface area contributed by atoms with Crippen molar-refractivity contribution in [1.82, 2.24) is 4.98 Å². The zero-order chi connectivity index (χ0) is 20.5. The molecular formula is C19H22FN3O4S2. The zero-order valence-corrected chi connectivity index (χ0v) is 17.6. The van der Waals surface area contributed by atoms with Crippen LogP contribution >= 0.6 is 23.1 Å². The second-order valence-electron chi connectivity index (χ2n) is 6.17. The van der Waals surface area contributed by atoms with Crippen molar-refractivity contribution in [3.63, 3.8) is 0 Å². The molecule has 0 bridgehead atoms. The summed E-state index contributed by atoms with van der Waals surface area (Å²) in [6, 6.07) is 7.48. The van der Waals surface area contributed by atoms with Crippen molar-refractivity contribution in [2.75, 3.05) is 38.0 Å². The van der Waals surface area contributed by atoms with Crippen LogP contribution in [0.5, 0.6) is 0 Å². The van der Waals surface area contributed by atoms with Crippen LogP contribution in [-0.2, 0) is 19.1 Å². The molecule has 0 radical (unpaired) electrons. The van der Waals surface area contributed by atoms with Crippen molar-refractivity contribution >= 4 is 39.8 Å². The van der Waals surface area contributed by atoms with Gasteiger partial charge in [-0.25, -0.2) is 4.98 Å². The number of nitrogens with zero attached hydrogens (tertiary/aromatic N) is 2. The molecule has 2 aromatic rings. The van der Waals surface area contributed by atoms with Crippen molar-refractivity contribution in [3.8, 4) is 0 Å². The van der Waals surface area contributed by atoms with Crippen molar-refractivity contribution < 1.29 is 23.5 Å². The van der Waals surface area contributed by atoms with Gasteiger partial charge < -0.3 is 14.3 Å². The third kappa shape index (κ3) is 6.77. The summed E-state index contributed by atoms with van der Waals surface area (Å²) in [5, 5.41) is 6.33. The smallest absolute Gasteiger partial charge is 0.280 e. The van der Waals surface area contributed by atoms with Gasteiger partial charge in [-0.3, -0.25) is 10.1 Å². The van der Waals surface area contributed by atoms with Gasteiger partial charge in [-0.2, -0.15) is 4.39 Å². The van der Waals surface area contributed by atoms with E-state index in [0.29, 0.717) is 25.2 Å². The number of methoxy groups -OCH3 is 1. The fraction of sp³-hybridized carbons (Fsp3) is 0.421. The molecule has 1 aromatic heterocycles. The molecule has 1 saturated heterocycles. The van der Waals surface area contributed by atoms with E-state index in [1.54, 1.807) is 18.9 Å². The lowest BCUT2D eigenvalue weighted by Crippen LogP contribution is -2.25. The number of hydrogen-bond acceptors (Lipinski definition) is 8. The lowest BCUT2D eigenvalue weighted by molar-refractivity contribution is -0.110. The number of oxime groups is 1. The van der Waals surface area contributed by atoms with E-state index in [9.17, 15) is 9.18 Å². The first-order chi connectivity index (χ1) is 14.2. The van der Waals surface area contributed by atoms with Crippen LogP contribution in [0, 0.1) is 5.13 Å². The Bertz CT molecular complexity index is 823. The molecule has 1 atom stereocenters. The first kappa shape index (κ1) is 21.7. The highest BCUT2D eigenvalue weighted by Gasteiger charge is 2.21. The van der Waals surface area contributed by atoms with Crippen LogP contribution in [0.2, 0.25) is 0 Å². The highest BCUT2D eigenvalue weighted by Crippen LogP contribution is 2.21. The number of halogens is 1. The van der Waals surface area contributed by atoms with Gasteiger partial charge in [-0.05, 0) is 18.6 Å². The van der Waals surface area contributed by atoms with E-state index in [-0.39, 0.29) is 16.9 Å². The molecule has 1 aliphatic rings. The maximum absolute atomic E-state index is 13.2. The Labute approximate surface area is 176 Å². The second-order valence-corrected chi connectivity index (χ2v) is 8.32. The minimum absolute atomic E-state index is 0.100. The fourth-order valence-electron chi connectivity index (χ4n) is 2.52. The molecule has 0 unspecified atom stereocenters. The molecule has 1 N–H and O–H groups in total. The monoisotopic (exact) mass is 439 g/mol. The van der Waals surface area contributed by atoms with Gasteiger partial charge in [0.15, 0.2) is 22.1 Å². The normalized spacial score (nSPS) is 16.8. The van der Waals surface area contributed by atoms with E-state index >= 15 is 0 Å². The minimum atomic E-state index is -0.515. The van der Waals surface area contributed by atoms with Crippen LogP contribution in [0.3, 0.4) is 0 Å². The zero-order valence-electron chi connectivity index (χ0n) is 15.9. The summed E-state index contributed by atoms with van der Waals surface area (Å²) in [6.07, 6.45) is 2.54. The van der Waals surface area contributed by atoms with Crippen LogP contribution in [0.25, 0.3) is 0 Å². The minimum Gasteiger partial charge on any atom is -0.389 e. The lowest BCUT2D eigenvalue weighted by atomic mass is 10.1. The third-order valence-electron chi connectivity index (χ3n) is 3.98. The number of hydrogen-bond donors (Lipinski definition) is 1. The quantitative estimate of drug-likeness (QED) is 0.264. The van der Waals surface area contributed by atoms with Gasteiger partial charge in [0.25, 0.3) is 5.91 Å². The molecule has 7 nitrogen and oxygen atoms in total. The summed E-state index contributed by atoms with van der Waals surface area (Å²) in [5.74, 6) is 0.424. The van der Waals surface area contributed by atoms with Gasteiger partial charge in [-0.1, -0.05) is 28.6 Å². The van der Waals surface area contributed by atoms with Crippen molar-refractivity contribution in [3.05, 3.63) is 41.2 Å². The van der Waals surface area contributed by atoms with E-state index in [4.69, 9.17) is 14.3 Å². The molecule has 1 fully saturated rings. The summed E-state index contributed by atoms with van der Waals surface area (Å²) in [7, 11) is 1.69. The molecule has 1 aromatic carbocycles. The number of carbonyl (C=O) groups is 1. The van der Waals surface area contributed by atoms with Gasteiger partial charge in [-0.15, -0.1) is 11.8 Å². The third-order valence-corrected chi connectivity index (χ3v) is 5.78. The van der Waals surface area contributed by atoms with E-state index in [0.717, 1.165) is 41.2 Å². The number of carbonyl (C=O) groups excluding carboxylic acids is 1. The van der Waals surface area contributed by atoms with Crippen LogP contribution in [0.1, 0.15) is 18.4 Å². The summed E-state index contributed by atoms with van der Waals surface area (Å²) in [5.41, 5.74) is 0.697. The number of thioether (sulfide) groups is 1. The summed E-state index contributed by atoms with van der Waals surface area (Å²) in [6.45, 7) is 1.77. The molecule has 0 saturated carbocycles. The molecule has 156 valence electrons. The number of aromatic nitrogens is 1. The molecule has 0 aliphatic carbocycles. The van der Waals surface area contributed by atoms with Crippen molar-refractivity contribution in [1.29, 1.82) is 0 Å². The lowest BCUT2D eigenvalue weighted by Gasteiger charge is -2.10. The fourth-order valence-corrected chi connectivity index (χ4v) is 3.89. The van der Waals surface area contributed by atoms with Gasteiger partial charge in [0.05, 0.1) is 19.4 Å². The molecular weight excluding hydrogens is 417 g/mol. The number of nitrogens with one attached hydrogen (secondary N) is 1. The number of rotatable bonds is 10. The Balaban J connectivity index is 1.71. The summed E-state index contributed by atoms with van der Waals surface area (Å²) in [4.78, 5) is 23.1. The highest BCUT2D eigenvalue weighted by atomic mass is 32.2. The number of benzene rings is 1. The molecule has 3 rings (SSSR count). The van der Waals surface area contributed by atoms with Crippen molar-refractivity contribution in [2.24, 2.45) is 5.16 Å². The number of anilines is 1. The molecule has 1 aliphatic heterocycles. The Kier molecular flexibility index (Phi) is 8.41. The average Bonchev–Trinajstić information content (AvgIpc) is 3.38. The molecule has 29 heavy (non-hydrogen) atoms. The van der Waals surface area contributed by atoms with E-state index < -0.39 is 11.0 Å². The van der Waals surface area contributed by atoms with E-state index in [1.807, 2.05) is 24.3 Å². The molecule has 0 spiro atoms. The maximum Gasteiger partial charge on any atom is 0.280 e. The van der Waals surface area contributed by atoms with Crippen LogP contribution in [-0.4, -0.2) is 55.4 Å².